The summed E-state index contributed by atoms with van der Waals surface area (Å²) in [6, 6.07) is 7.38. The lowest BCUT2D eigenvalue weighted by Gasteiger charge is -2.34. The molecule has 0 bridgehead atoms. The fourth-order valence-electron chi connectivity index (χ4n) is 4.58. The van der Waals surface area contributed by atoms with Crippen LogP contribution >= 0.6 is 0 Å². The number of nitrogens with zero attached hydrogens (tertiary/aromatic N) is 3. The first-order valence-corrected chi connectivity index (χ1v) is 10.3. The molecular formula is C22H34FN3O. The van der Waals surface area contributed by atoms with Crippen LogP contribution < -0.4 is 0 Å². The molecule has 4 nitrogen and oxygen atoms in total. The maximum atomic E-state index is 13.1. The zero-order valence-electron chi connectivity index (χ0n) is 17.0. The minimum atomic E-state index is -0.177. The third kappa shape index (κ3) is 5.52. The van der Waals surface area contributed by atoms with E-state index in [9.17, 15) is 9.18 Å². The van der Waals surface area contributed by atoms with Crippen LogP contribution in [0.15, 0.2) is 24.3 Å². The molecule has 3 rings (SSSR count). The van der Waals surface area contributed by atoms with Crippen LogP contribution in [0, 0.1) is 17.7 Å². The minimum Gasteiger partial charge on any atom is -0.342 e. The van der Waals surface area contributed by atoms with E-state index in [1.165, 1.54) is 17.7 Å². The van der Waals surface area contributed by atoms with E-state index < -0.39 is 0 Å². The van der Waals surface area contributed by atoms with Gasteiger partial charge >= 0.3 is 0 Å². The highest BCUT2D eigenvalue weighted by Gasteiger charge is 2.32. The second kappa shape index (κ2) is 9.16. The van der Waals surface area contributed by atoms with E-state index in [0.29, 0.717) is 17.9 Å². The van der Waals surface area contributed by atoms with Crippen molar-refractivity contribution in [3.05, 3.63) is 35.6 Å². The number of rotatable bonds is 4. The fraction of sp³-hybridized carbons (Fsp3) is 0.682. The van der Waals surface area contributed by atoms with Crippen LogP contribution in [0.4, 0.5) is 4.39 Å². The Morgan fingerprint density at radius 1 is 1.07 bits per heavy atom. The van der Waals surface area contributed by atoms with Gasteiger partial charge in [-0.1, -0.05) is 12.1 Å². The SMILES string of the molecule is CN1C[C@H](C(=O)N2CCC(Cc3ccc(F)cc3)CC2)CC[C@H](N(C)C)C1. The van der Waals surface area contributed by atoms with Crippen LogP contribution in [0.3, 0.4) is 0 Å². The summed E-state index contributed by atoms with van der Waals surface area (Å²) in [7, 11) is 6.40. The molecule has 2 aliphatic heterocycles. The molecule has 1 amide bonds. The number of amides is 1. The third-order valence-corrected chi connectivity index (χ3v) is 6.35. The van der Waals surface area contributed by atoms with Crippen molar-refractivity contribution in [2.75, 3.05) is 47.3 Å². The number of carbonyl (C=O) groups is 1. The zero-order valence-corrected chi connectivity index (χ0v) is 17.0. The Kier molecular flexibility index (Phi) is 6.88. The summed E-state index contributed by atoms with van der Waals surface area (Å²) in [5.41, 5.74) is 1.20. The molecule has 27 heavy (non-hydrogen) atoms. The van der Waals surface area contributed by atoms with E-state index in [1.807, 2.05) is 12.1 Å². The number of likely N-dealkylation sites (tertiary alicyclic amines) is 2. The molecule has 1 aromatic rings. The van der Waals surface area contributed by atoms with Crippen LogP contribution in [0.5, 0.6) is 0 Å². The topological polar surface area (TPSA) is 26.8 Å². The number of carbonyl (C=O) groups excluding carboxylic acids is 1. The molecule has 0 radical (unpaired) electrons. The number of likely N-dealkylation sites (N-methyl/N-ethyl adjacent to an activating group) is 2. The molecule has 0 spiro atoms. The summed E-state index contributed by atoms with van der Waals surface area (Å²) in [4.78, 5) is 19.8. The number of halogens is 1. The van der Waals surface area contributed by atoms with Gasteiger partial charge < -0.3 is 14.7 Å². The van der Waals surface area contributed by atoms with Gasteiger partial charge in [-0.15, -0.1) is 0 Å². The van der Waals surface area contributed by atoms with E-state index >= 15 is 0 Å². The molecule has 0 unspecified atom stereocenters. The van der Waals surface area contributed by atoms with Crippen LogP contribution in [0.25, 0.3) is 0 Å². The van der Waals surface area contributed by atoms with Gasteiger partial charge in [0.1, 0.15) is 5.82 Å². The van der Waals surface area contributed by atoms with Crippen molar-refractivity contribution < 1.29 is 9.18 Å². The third-order valence-electron chi connectivity index (χ3n) is 6.35. The first-order chi connectivity index (χ1) is 12.9. The first-order valence-electron chi connectivity index (χ1n) is 10.3. The first kappa shape index (κ1) is 20.3. The van der Waals surface area contributed by atoms with E-state index in [0.717, 1.165) is 58.3 Å². The highest BCUT2D eigenvalue weighted by Crippen LogP contribution is 2.25. The van der Waals surface area contributed by atoms with Crippen molar-refractivity contribution in [1.29, 1.82) is 0 Å². The second-order valence-electron chi connectivity index (χ2n) is 8.71. The molecule has 150 valence electrons. The smallest absolute Gasteiger partial charge is 0.226 e. The van der Waals surface area contributed by atoms with Gasteiger partial charge in [0.05, 0.1) is 5.92 Å². The average molecular weight is 376 g/mol. The number of hydrogen-bond donors (Lipinski definition) is 0. The molecule has 0 aliphatic carbocycles. The molecular weight excluding hydrogens is 341 g/mol. The standard InChI is InChI=1S/C22H34FN3O/c1-24(2)21-9-6-19(15-25(3)16-21)22(27)26-12-10-18(11-13-26)14-17-4-7-20(23)8-5-17/h4-5,7-8,18-19,21H,6,9-16H2,1-3H3/t19-,21+/m1/s1. The summed E-state index contributed by atoms with van der Waals surface area (Å²) in [6.45, 7) is 3.64. The maximum Gasteiger partial charge on any atom is 0.226 e. The van der Waals surface area contributed by atoms with Crippen LogP contribution in [0.2, 0.25) is 0 Å². The van der Waals surface area contributed by atoms with Gasteiger partial charge in [-0.2, -0.15) is 0 Å². The monoisotopic (exact) mass is 375 g/mol. The normalized spacial score (nSPS) is 25.6. The van der Waals surface area contributed by atoms with Crippen molar-refractivity contribution >= 4 is 5.91 Å². The average Bonchev–Trinajstić information content (AvgIpc) is 2.85. The van der Waals surface area contributed by atoms with Gasteiger partial charge in [-0.25, -0.2) is 4.39 Å². The lowest BCUT2D eigenvalue weighted by molar-refractivity contribution is -0.137. The summed E-state index contributed by atoms with van der Waals surface area (Å²) >= 11 is 0. The minimum absolute atomic E-state index is 0.133. The second-order valence-corrected chi connectivity index (χ2v) is 8.71. The van der Waals surface area contributed by atoms with Crippen molar-refractivity contribution in [3.8, 4) is 0 Å². The Bertz CT molecular complexity index is 610. The molecule has 1 aromatic carbocycles. The van der Waals surface area contributed by atoms with Crippen LogP contribution in [-0.4, -0.2) is 74.0 Å². The molecule has 2 heterocycles. The Balaban J connectivity index is 1.50. The molecule has 0 saturated carbocycles. The van der Waals surface area contributed by atoms with E-state index in [2.05, 4.69) is 35.8 Å². The van der Waals surface area contributed by atoms with E-state index in [1.54, 1.807) is 0 Å². The number of piperidine rings is 1. The van der Waals surface area contributed by atoms with Gasteiger partial charge in [0.2, 0.25) is 5.91 Å². The van der Waals surface area contributed by atoms with Crippen molar-refractivity contribution in [3.63, 3.8) is 0 Å². The molecule has 2 atom stereocenters. The summed E-state index contributed by atoms with van der Waals surface area (Å²) in [5, 5.41) is 0. The number of benzene rings is 1. The molecule has 5 heteroatoms. The fourth-order valence-corrected chi connectivity index (χ4v) is 4.58. The predicted molar refractivity (Wildman–Crippen MR) is 107 cm³/mol. The van der Waals surface area contributed by atoms with Crippen molar-refractivity contribution in [2.24, 2.45) is 11.8 Å². The van der Waals surface area contributed by atoms with Gasteiger partial charge in [0.15, 0.2) is 0 Å². The molecule has 0 N–H and O–H groups in total. The zero-order chi connectivity index (χ0) is 19.4. The molecule has 2 fully saturated rings. The number of hydrogen-bond acceptors (Lipinski definition) is 3. The Hall–Kier alpha value is -1.46. The highest BCUT2D eigenvalue weighted by molar-refractivity contribution is 5.79. The molecule has 2 aliphatic rings. The van der Waals surface area contributed by atoms with E-state index in [4.69, 9.17) is 0 Å². The van der Waals surface area contributed by atoms with Crippen LogP contribution in [-0.2, 0) is 11.2 Å². The van der Waals surface area contributed by atoms with Gasteiger partial charge in [0, 0.05) is 32.2 Å². The highest BCUT2D eigenvalue weighted by atomic mass is 19.1. The Morgan fingerprint density at radius 3 is 2.37 bits per heavy atom. The van der Waals surface area contributed by atoms with Crippen molar-refractivity contribution in [2.45, 2.75) is 38.1 Å². The van der Waals surface area contributed by atoms with Gasteiger partial charge in [-0.05, 0) is 76.9 Å². The molecule has 2 saturated heterocycles. The summed E-state index contributed by atoms with van der Waals surface area (Å²) < 4.78 is 13.1. The van der Waals surface area contributed by atoms with E-state index in [-0.39, 0.29) is 11.7 Å². The predicted octanol–water partition coefficient (Wildman–Crippen LogP) is 2.88. The largest absolute Gasteiger partial charge is 0.342 e. The molecule has 0 aromatic heterocycles. The van der Waals surface area contributed by atoms with Gasteiger partial charge in [0.25, 0.3) is 0 Å². The lowest BCUT2D eigenvalue weighted by atomic mass is 9.89. The Labute approximate surface area is 163 Å². The van der Waals surface area contributed by atoms with Crippen LogP contribution in [0.1, 0.15) is 31.2 Å². The summed E-state index contributed by atoms with van der Waals surface area (Å²) in [5.74, 6) is 0.897. The quantitative estimate of drug-likeness (QED) is 0.810. The lowest BCUT2D eigenvalue weighted by Crippen LogP contribution is -2.44. The van der Waals surface area contributed by atoms with Crippen molar-refractivity contribution in [1.82, 2.24) is 14.7 Å². The maximum absolute atomic E-state index is 13.1. The van der Waals surface area contributed by atoms with Gasteiger partial charge in [-0.3, -0.25) is 4.79 Å². The Morgan fingerprint density at radius 2 is 1.74 bits per heavy atom. The summed E-state index contributed by atoms with van der Waals surface area (Å²) in [6.07, 6.45) is 5.16.